The smallest absolute Gasteiger partial charge is 0.410 e. The molecule has 0 fully saturated rings. The Morgan fingerprint density at radius 3 is 2.44 bits per heavy atom. The number of benzene rings is 1. The zero-order valence-electron chi connectivity index (χ0n) is 15.5. The Morgan fingerprint density at radius 2 is 1.80 bits per heavy atom. The van der Waals surface area contributed by atoms with Crippen LogP contribution in [0.5, 0.6) is 5.75 Å². The van der Waals surface area contributed by atoms with Crippen LogP contribution < -0.4 is 4.74 Å². The van der Waals surface area contributed by atoms with Gasteiger partial charge in [0, 0.05) is 13.1 Å². The van der Waals surface area contributed by atoms with Crippen molar-refractivity contribution in [2.75, 3.05) is 26.3 Å². The summed E-state index contributed by atoms with van der Waals surface area (Å²) in [6.45, 7) is 8.83. The summed E-state index contributed by atoms with van der Waals surface area (Å²) < 4.78 is 15.8. The molecule has 1 amide bonds. The maximum atomic E-state index is 12.3. The van der Waals surface area contributed by atoms with E-state index in [1.807, 2.05) is 39.0 Å². The van der Waals surface area contributed by atoms with Crippen LogP contribution in [0.15, 0.2) is 18.2 Å². The maximum absolute atomic E-state index is 12.3. The van der Waals surface area contributed by atoms with Crippen LogP contribution in [-0.2, 0) is 27.1 Å². The van der Waals surface area contributed by atoms with E-state index in [0.29, 0.717) is 25.4 Å². The molecule has 0 radical (unpaired) electrons. The zero-order valence-corrected chi connectivity index (χ0v) is 15.5. The van der Waals surface area contributed by atoms with E-state index in [1.165, 1.54) is 5.56 Å². The molecule has 0 spiro atoms. The van der Waals surface area contributed by atoms with E-state index in [1.54, 1.807) is 11.8 Å². The molecule has 0 saturated heterocycles. The molecule has 0 unspecified atom stereocenters. The first-order chi connectivity index (χ1) is 11.8. The highest BCUT2D eigenvalue weighted by Crippen LogP contribution is 2.23. The van der Waals surface area contributed by atoms with Gasteiger partial charge in [0.1, 0.15) is 11.4 Å². The van der Waals surface area contributed by atoms with Crippen LogP contribution in [0.2, 0.25) is 0 Å². The minimum atomic E-state index is -0.496. The summed E-state index contributed by atoms with van der Waals surface area (Å²) in [6.07, 6.45) is 1.22. The molecule has 2 rings (SSSR count). The number of rotatable bonds is 4. The molecule has 1 heterocycles. The van der Waals surface area contributed by atoms with E-state index in [4.69, 9.17) is 14.2 Å². The molecule has 6 heteroatoms. The van der Waals surface area contributed by atoms with Crippen LogP contribution in [-0.4, -0.2) is 48.9 Å². The predicted octanol–water partition coefficient (Wildman–Crippen LogP) is 2.96. The largest absolute Gasteiger partial charge is 0.482 e. The number of hydrogen-bond donors (Lipinski definition) is 0. The highest BCUT2D eigenvalue weighted by Gasteiger charge is 2.24. The minimum absolute atomic E-state index is 0.101. The lowest BCUT2D eigenvalue weighted by atomic mass is 10.0. The molecule has 1 aliphatic rings. The Labute approximate surface area is 149 Å². The van der Waals surface area contributed by atoms with Gasteiger partial charge in [0.05, 0.1) is 6.61 Å². The number of amides is 1. The second-order valence-electron chi connectivity index (χ2n) is 6.99. The third-order valence-electron chi connectivity index (χ3n) is 3.79. The monoisotopic (exact) mass is 349 g/mol. The summed E-state index contributed by atoms with van der Waals surface area (Å²) in [7, 11) is 0. The van der Waals surface area contributed by atoms with Crippen LogP contribution in [0, 0.1) is 0 Å². The molecular formula is C19H27NO5. The summed E-state index contributed by atoms with van der Waals surface area (Å²) in [5.74, 6) is 0.256. The number of carbonyl (C=O) groups is 2. The quantitative estimate of drug-likeness (QED) is 0.782. The highest BCUT2D eigenvalue weighted by molar-refractivity contribution is 5.71. The van der Waals surface area contributed by atoms with Crippen LogP contribution in [0.25, 0.3) is 0 Å². The average Bonchev–Trinajstić information content (AvgIpc) is 2.73. The second kappa shape index (κ2) is 8.23. The molecule has 0 bridgehead atoms. The molecule has 1 aromatic rings. The Kier molecular flexibility index (Phi) is 6.28. The molecular weight excluding hydrogens is 322 g/mol. The molecule has 6 nitrogen and oxygen atoms in total. The van der Waals surface area contributed by atoms with Gasteiger partial charge in [0.2, 0.25) is 0 Å². The van der Waals surface area contributed by atoms with Crippen LogP contribution >= 0.6 is 0 Å². The SMILES string of the molecule is CCOC(=O)COc1ccc2c(c1)CCN(C(=O)OC(C)(C)C)CC2. The number of ether oxygens (including phenoxy) is 3. The van der Waals surface area contributed by atoms with Gasteiger partial charge in [-0.05, 0) is 63.8 Å². The van der Waals surface area contributed by atoms with Crippen molar-refractivity contribution in [2.45, 2.75) is 46.1 Å². The Balaban J connectivity index is 1.97. The fraction of sp³-hybridized carbons (Fsp3) is 0.579. The first-order valence-corrected chi connectivity index (χ1v) is 8.66. The fourth-order valence-corrected chi connectivity index (χ4v) is 2.65. The highest BCUT2D eigenvalue weighted by atomic mass is 16.6. The molecule has 138 valence electrons. The summed E-state index contributed by atoms with van der Waals surface area (Å²) in [4.78, 5) is 25.4. The van der Waals surface area contributed by atoms with Gasteiger partial charge in [0.25, 0.3) is 0 Å². The Hall–Kier alpha value is -2.24. The van der Waals surface area contributed by atoms with Crippen molar-refractivity contribution in [3.05, 3.63) is 29.3 Å². The summed E-state index contributed by atoms with van der Waals surface area (Å²) in [5.41, 5.74) is 1.83. The lowest BCUT2D eigenvalue weighted by Gasteiger charge is -2.26. The Morgan fingerprint density at radius 1 is 1.12 bits per heavy atom. The van der Waals surface area contributed by atoms with Crippen molar-refractivity contribution in [3.63, 3.8) is 0 Å². The normalized spacial score (nSPS) is 14.3. The predicted molar refractivity (Wildman–Crippen MR) is 93.8 cm³/mol. The third-order valence-corrected chi connectivity index (χ3v) is 3.79. The summed E-state index contributed by atoms with van der Waals surface area (Å²) in [5, 5.41) is 0. The number of hydrogen-bond acceptors (Lipinski definition) is 5. The van der Waals surface area contributed by atoms with Crippen LogP contribution in [0.3, 0.4) is 0 Å². The van der Waals surface area contributed by atoms with Gasteiger partial charge in [-0.3, -0.25) is 0 Å². The number of esters is 1. The number of carbonyl (C=O) groups excluding carboxylic acids is 2. The molecule has 0 aromatic heterocycles. The van der Waals surface area contributed by atoms with Crippen molar-refractivity contribution in [2.24, 2.45) is 0 Å². The van der Waals surface area contributed by atoms with Gasteiger partial charge < -0.3 is 19.1 Å². The standard InChI is InChI=1S/C19H27NO5/c1-5-23-17(21)13-24-16-7-6-14-8-10-20(11-9-15(14)12-16)18(22)25-19(2,3)4/h6-7,12H,5,8-11,13H2,1-4H3. The molecule has 1 aliphatic heterocycles. The summed E-state index contributed by atoms with van der Waals surface area (Å²) in [6, 6.07) is 5.78. The van der Waals surface area contributed by atoms with E-state index in [9.17, 15) is 9.59 Å². The maximum Gasteiger partial charge on any atom is 0.410 e. The molecule has 0 atom stereocenters. The van der Waals surface area contributed by atoms with E-state index >= 15 is 0 Å². The van der Waals surface area contributed by atoms with Gasteiger partial charge in [0.15, 0.2) is 6.61 Å². The van der Waals surface area contributed by atoms with E-state index in [0.717, 1.165) is 18.4 Å². The van der Waals surface area contributed by atoms with E-state index < -0.39 is 5.60 Å². The van der Waals surface area contributed by atoms with Gasteiger partial charge in [-0.2, -0.15) is 0 Å². The fourth-order valence-electron chi connectivity index (χ4n) is 2.65. The van der Waals surface area contributed by atoms with E-state index in [-0.39, 0.29) is 18.7 Å². The summed E-state index contributed by atoms with van der Waals surface area (Å²) >= 11 is 0. The van der Waals surface area contributed by atoms with Gasteiger partial charge >= 0.3 is 12.1 Å². The topological polar surface area (TPSA) is 65.1 Å². The number of fused-ring (bicyclic) bond motifs is 1. The molecule has 0 saturated carbocycles. The lowest BCUT2D eigenvalue weighted by Crippen LogP contribution is -2.38. The van der Waals surface area contributed by atoms with Gasteiger partial charge in [-0.1, -0.05) is 6.07 Å². The minimum Gasteiger partial charge on any atom is -0.482 e. The zero-order chi connectivity index (χ0) is 18.4. The second-order valence-corrected chi connectivity index (χ2v) is 6.99. The van der Waals surface area contributed by atoms with Gasteiger partial charge in [-0.15, -0.1) is 0 Å². The number of nitrogens with zero attached hydrogens (tertiary/aromatic N) is 1. The van der Waals surface area contributed by atoms with Crippen molar-refractivity contribution >= 4 is 12.1 Å². The van der Waals surface area contributed by atoms with Crippen LogP contribution in [0.4, 0.5) is 4.79 Å². The molecule has 0 aliphatic carbocycles. The first-order valence-electron chi connectivity index (χ1n) is 8.66. The third kappa shape index (κ3) is 5.96. The van der Waals surface area contributed by atoms with Crippen molar-refractivity contribution in [1.29, 1.82) is 0 Å². The lowest BCUT2D eigenvalue weighted by molar-refractivity contribution is -0.145. The molecule has 25 heavy (non-hydrogen) atoms. The Bertz CT molecular complexity index is 621. The molecule has 1 aromatic carbocycles. The average molecular weight is 349 g/mol. The van der Waals surface area contributed by atoms with Crippen molar-refractivity contribution in [3.8, 4) is 5.75 Å². The first kappa shape index (κ1) is 19.1. The van der Waals surface area contributed by atoms with Crippen molar-refractivity contribution in [1.82, 2.24) is 4.90 Å². The van der Waals surface area contributed by atoms with E-state index in [2.05, 4.69) is 0 Å². The molecule has 0 N–H and O–H groups in total. The van der Waals surface area contributed by atoms with Crippen LogP contribution in [0.1, 0.15) is 38.8 Å². The van der Waals surface area contributed by atoms with Crippen molar-refractivity contribution < 1.29 is 23.8 Å². The van der Waals surface area contributed by atoms with Gasteiger partial charge in [-0.25, -0.2) is 9.59 Å².